The third-order valence-electron chi connectivity index (χ3n) is 4.30. The number of nitrogens with one attached hydrogen (secondary N) is 1. The molecule has 1 N–H and O–H groups in total. The minimum absolute atomic E-state index is 0.253. The predicted octanol–water partition coefficient (Wildman–Crippen LogP) is 1.96. The molecule has 18 heavy (non-hydrogen) atoms. The molecule has 2 aliphatic heterocycles. The highest BCUT2D eigenvalue weighted by Gasteiger charge is 2.42. The Morgan fingerprint density at radius 1 is 1.33 bits per heavy atom. The molecule has 0 aliphatic carbocycles. The summed E-state index contributed by atoms with van der Waals surface area (Å²) in [5.41, 5.74) is 1.66. The molecule has 1 unspecified atom stereocenters. The first-order chi connectivity index (χ1) is 8.82. The summed E-state index contributed by atoms with van der Waals surface area (Å²) in [6, 6.07) is 8.51. The summed E-state index contributed by atoms with van der Waals surface area (Å²) in [6.45, 7) is 4.08. The first-order valence-corrected chi connectivity index (χ1v) is 6.75. The van der Waals surface area contributed by atoms with Crippen LogP contribution in [0.3, 0.4) is 0 Å². The Hall–Kier alpha value is -1.06. The van der Waals surface area contributed by atoms with E-state index in [9.17, 15) is 0 Å². The molecule has 0 amide bonds. The number of ether oxygens (including phenoxy) is 2. The first-order valence-electron chi connectivity index (χ1n) is 6.75. The van der Waals surface area contributed by atoms with Crippen molar-refractivity contribution in [2.45, 2.75) is 18.3 Å². The van der Waals surface area contributed by atoms with Crippen LogP contribution >= 0.6 is 0 Å². The van der Waals surface area contributed by atoms with E-state index >= 15 is 0 Å². The van der Waals surface area contributed by atoms with E-state index in [0.29, 0.717) is 0 Å². The second-order valence-corrected chi connectivity index (χ2v) is 5.56. The van der Waals surface area contributed by atoms with Crippen molar-refractivity contribution >= 4 is 0 Å². The molecule has 2 aliphatic rings. The summed E-state index contributed by atoms with van der Waals surface area (Å²) in [7, 11) is 1.71. The molecule has 0 aromatic heterocycles. The van der Waals surface area contributed by atoms with Gasteiger partial charge >= 0.3 is 0 Å². The van der Waals surface area contributed by atoms with Gasteiger partial charge < -0.3 is 14.8 Å². The largest absolute Gasteiger partial charge is 0.497 e. The fraction of sp³-hybridized carbons (Fsp3) is 0.600. The van der Waals surface area contributed by atoms with E-state index in [1.54, 1.807) is 7.11 Å². The van der Waals surface area contributed by atoms with Crippen LogP contribution in [0.1, 0.15) is 18.4 Å². The molecular weight excluding hydrogens is 226 g/mol. The SMILES string of the molecule is COc1ccc(C2(CC3CCNC3)COC2)cc1. The molecule has 1 aromatic carbocycles. The van der Waals surface area contributed by atoms with E-state index in [1.165, 1.54) is 24.9 Å². The third kappa shape index (κ3) is 2.13. The maximum absolute atomic E-state index is 5.51. The molecule has 1 atom stereocenters. The molecule has 3 rings (SSSR count). The van der Waals surface area contributed by atoms with Crippen LogP contribution in [-0.4, -0.2) is 33.4 Å². The van der Waals surface area contributed by atoms with E-state index in [4.69, 9.17) is 9.47 Å². The van der Waals surface area contributed by atoms with Gasteiger partial charge in [-0.2, -0.15) is 0 Å². The number of hydrogen-bond acceptors (Lipinski definition) is 3. The smallest absolute Gasteiger partial charge is 0.118 e. The molecule has 2 fully saturated rings. The summed E-state index contributed by atoms with van der Waals surface area (Å²) in [5.74, 6) is 1.73. The zero-order chi connectivity index (χ0) is 12.4. The van der Waals surface area contributed by atoms with E-state index in [-0.39, 0.29) is 5.41 Å². The van der Waals surface area contributed by atoms with Gasteiger partial charge in [0.05, 0.1) is 20.3 Å². The molecule has 98 valence electrons. The van der Waals surface area contributed by atoms with Crippen molar-refractivity contribution in [2.75, 3.05) is 33.4 Å². The topological polar surface area (TPSA) is 30.5 Å². The van der Waals surface area contributed by atoms with Crippen molar-refractivity contribution < 1.29 is 9.47 Å². The monoisotopic (exact) mass is 247 g/mol. The highest BCUT2D eigenvalue weighted by Crippen LogP contribution is 2.40. The Labute approximate surface area is 108 Å². The lowest BCUT2D eigenvalue weighted by Crippen LogP contribution is -2.48. The lowest BCUT2D eigenvalue weighted by atomic mass is 9.72. The molecular formula is C15H21NO2. The van der Waals surface area contributed by atoms with Crippen molar-refractivity contribution in [3.8, 4) is 5.75 Å². The van der Waals surface area contributed by atoms with Crippen molar-refractivity contribution in [3.05, 3.63) is 29.8 Å². The standard InChI is InChI=1S/C15H21NO2/c1-17-14-4-2-13(3-5-14)15(10-18-11-15)8-12-6-7-16-9-12/h2-5,12,16H,6-11H2,1H3. The summed E-state index contributed by atoms with van der Waals surface area (Å²) < 4.78 is 10.7. The zero-order valence-electron chi connectivity index (χ0n) is 10.9. The fourth-order valence-corrected chi connectivity index (χ4v) is 3.14. The van der Waals surface area contributed by atoms with Gasteiger partial charge in [0, 0.05) is 5.41 Å². The van der Waals surface area contributed by atoms with Gasteiger partial charge in [-0.1, -0.05) is 12.1 Å². The Morgan fingerprint density at radius 3 is 2.61 bits per heavy atom. The Morgan fingerprint density at radius 2 is 2.11 bits per heavy atom. The number of methoxy groups -OCH3 is 1. The van der Waals surface area contributed by atoms with E-state index in [0.717, 1.165) is 31.4 Å². The summed E-state index contributed by atoms with van der Waals surface area (Å²) in [6.07, 6.45) is 2.55. The van der Waals surface area contributed by atoms with Crippen molar-refractivity contribution in [1.29, 1.82) is 0 Å². The second kappa shape index (κ2) is 4.90. The average Bonchev–Trinajstić information content (AvgIpc) is 2.87. The molecule has 2 heterocycles. The van der Waals surface area contributed by atoms with Crippen LogP contribution in [0, 0.1) is 5.92 Å². The fourth-order valence-electron chi connectivity index (χ4n) is 3.14. The summed E-state index contributed by atoms with van der Waals surface area (Å²) in [4.78, 5) is 0. The Bertz CT molecular complexity index is 391. The van der Waals surface area contributed by atoms with Gasteiger partial charge in [0.1, 0.15) is 5.75 Å². The quantitative estimate of drug-likeness (QED) is 0.882. The van der Waals surface area contributed by atoms with Crippen LogP contribution in [-0.2, 0) is 10.2 Å². The number of hydrogen-bond donors (Lipinski definition) is 1. The Balaban J connectivity index is 1.76. The lowest BCUT2D eigenvalue weighted by molar-refractivity contribution is -0.0705. The minimum atomic E-state index is 0.253. The summed E-state index contributed by atoms with van der Waals surface area (Å²) in [5, 5.41) is 3.45. The average molecular weight is 247 g/mol. The maximum atomic E-state index is 5.51. The predicted molar refractivity (Wildman–Crippen MR) is 71.1 cm³/mol. The van der Waals surface area contributed by atoms with Crippen molar-refractivity contribution in [1.82, 2.24) is 5.32 Å². The molecule has 0 saturated carbocycles. The van der Waals surface area contributed by atoms with Crippen molar-refractivity contribution in [2.24, 2.45) is 5.92 Å². The van der Waals surface area contributed by atoms with Gasteiger partial charge in [0.2, 0.25) is 0 Å². The normalized spacial score (nSPS) is 25.7. The van der Waals surface area contributed by atoms with Gasteiger partial charge in [-0.05, 0) is 49.5 Å². The van der Waals surface area contributed by atoms with E-state index < -0.39 is 0 Å². The molecule has 0 spiro atoms. The second-order valence-electron chi connectivity index (χ2n) is 5.56. The van der Waals surface area contributed by atoms with Gasteiger partial charge in [-0.3, -0.25) is 0 Å². The maximum Gasteiger partial charge on any atom is 0.118 e. The highest BCUT2D eigenvalue weighted by atomic mass is 16.5. The highest BCUT2D eigenvalue weighted by molar-refractivity contribution is 5.34. The van der Waals surface area contributed by atoms with Gasteiger partial charge in [0.25, 0.3) is 0 Å². The molecule has 3 heteroatoms. The molecule has 1 aromatic rings. The van der Waals surface area contributed by atoms with E-state index in [2.05, 4.69) is 29.6 Å². The van der Waals surface area contributed by atoms with Crippen LogP contribution < -0.4 is 10.1 Å². The van der Waals surface area contributed by atoms with Gasteiger partial charge in [-0.15, -0.1) is 0 Å². The van der Waals surface area contributed by atoms with Crippen LogP contribution in [0.25, 0.3) is 0 Å². The van der Waals surface area contributed by atoms with Gasteiger partial charge in [0.15, 0.2) is 0 Å². The third-order valence-corrected chi connectivity index (χ3v) is 4.30. The van der Waals surface area contributed by atoms with Crippen LogP contribution in [0.2, 0.25) is 0 Å². The first kappa shape index (κ1) is 12.0. The molecule has 0 radical (unpaired) electrons. The number of rotatable bonds is 4. The van der Waals surface area contributed by atoms with Crippen molar-refractivity contribution in [3.63, 3.8) is 0 Å². The molecule has 0 bridgehead atoms. The summed E-state index contributed by atoms with van der Waals surface area (Å²) >= 11 is 0. The zero-order valence-corrected chi connectivity index (χ0v) is 10.9. The van der Waals surface area contributed by atoms with Crippen LogP contribution in [0.15, 0.2) is 24.3 Å². The molecule has 2 saturated heterocycles. The number of benzene rings is 1. The van der Waals surface area contributed by atoms with E-state index in [1.807, 2.05) is 0 Å². The minimum Gasteiger partial charge on any atom is -0.497 e. The van der Waals surface area contributed by atoms with Gasteiger partial charge in [-0.25, -0.2) is 0 Å². The molecule has 3 nitrogen and oxygen atoms in total. The Kier molecular flexibility index (Phi) is 3.27. The lowest BCUT2D eigenvalue weighted by Gasteiger charge is -2.43. The van der Waals surface area contributed by atoms with Crippen LogP contribution in [0.4, 0.5) is 0 Å². The van der Waals surface area contributed by atoms with Crippen LogP contribution in [0.5, 0.6) is 5.75 Å².